The van der Waals surface area contributed by atoms with Gasteiger partial charge in [0.15, 0.2) is 0 Å². The Morgan fingerprint density at radius 3 is 2.37 bits per heavy atom. The van der Waals surface area contributed by atoms with E-state index in [1.807, 2.05) is 66.9 Å². The van der Waals surface area contributed by atoms with Crippen LogP contribution in [0.3, 0.4) is 0 Å². The van der Waals surface area contributed by atoms with Gasteiger partial charge in [0.25, 0.3) is 5.56 Å². The maximum Gasteiger partial charge on any atom is 0.317 e. The zero-order valence-corrected chi connectivity index (χ0v) is 22.3. The number of nitrogens with zero attached hydrogens (tertiary/aromatic N) is 5. The predicted molar refractivity (Wildman–Crippen MR) is 149 cm³/mol. The third kappa shape index (κ3) is 6.16. The van der Waals surface area contributed by atoms with Crippen LogP contribution in [0.25, 0.3) is 22.5 Å². The molecule has 0 fully saturated rings. The average Bonchev–Trinajstić information content (AvgIpc) is 3.49. The van der Waals surface area contributed by atoms with Crippen LogP contribution in [0.4, 0.5) is 4.79 Å². The van der Waals surface area contributed by atoms with Crippen molar-refractivity contribution in [3.05, 3.63) is 87.8 Å². The quantitative estimate of drug-likeness (QED) is 0.304. The molecule has 0 aliphatic rings. The fraction of sp³-hybridized carbons (Fsp3) is 0.345. The number of amides is 2. The number of aromatic amines is 1. The van der Waals surface area contributed by atoms with Gasteiger partial charge in [-0.05, 0) is 60.7 Å². The largest absolute Gasteiger partial charge is 0.334 e. The Hall–Kier alpha value is -4.27. The van der Waals surface area contributed by atoms with Crippen LogP contribution in [0.2, 0.25) is 0 Å². The lowest BCUT2D eigenvalue weighted by Gasteiger charge is -2.20. The highest BCUT2D eigenvalue weighted by Crippen LogP contribution is 2.29. The Bertz CT molecular complexity index is 1390. The van der Waals surface area contributed by atoms with Crippen LogP contribution in [0.5, 0.6) is 0 Å². The standard InChI is InChI=1S/C29H35N7O2/c1-4-7-10-24-18-17-23(19-30-29(38)35(5-2)6-3)28(37)36(24)20-21-13-15-22(16-14-21)25-11-8-9-12-26(25)27-31-33-34-32-27/h8-9,11-18H,4-7,10,19-20H2,1-3H3,(H,30,38)(H,31,32,33,34). The first-order valence-electron chi connectivity index (χ1n) is 13.2. The van der Waals surface area contributed by atoms with Crippen molar-refractivity contribution in [1.82, 2.24) is 35.4 Å². The van der Waals surface area contributed by atoms with Crippen molar-refractivity contribution in [1.29, 1.82) is 0 Å². The summed E-state index contributed by atoms with van der Waals surface area (Å²) in [6, 6.07) is 19.9. The number of benzene rings is 2. The molecule has 198 valence electrons. The fourth-order valence-electron chi connectivity index (χ4n) is 4.52. The maximum atomic E-state index is 13.5. The number of carbonyl (C=O) groups is 1. The molecule has 2 heterocycles. The number of carbonyl (C=O) groups excluding carboxylic acids is 1. The van der Waals surface area contributed by atoms with Crippen molar-refractivity contribution in [3.8, 4) is 22.5 Å². The van der Waals surface area contributed by atoms with Crippen LogP contribution < -0.4 is 10.9 Å². The minimum Gasteiger partial charge on any atom is -0.334 e. The molecule has 0 spiro atoms. The lowest BCUT2D eigenvalue weighted by Crippen LogP contribution is -2.40. The number of urea groups is 1. The summed E-state index contributed by atoms with van der Waals surface area (Å²) in [5.41, 5.74) is 5.47. The molecule has 4 aromatic rings. The second-order valence-corrected chi connectivity index (χ2v) is 9.15. The molecule has 9 nitrogen and oxygen atoms in total. The van der Waals surface area contributed by atoms with Gasteiger partial charge in [-0.25, -0.2) is 4.79 Å². The predicted octanol–water partition coefficient (Wildman–Crippen LogP) is 4.64. The molecular weight excluding hydrogens is 478 g/mol. The summed E-state index contributed by atoms with van der Waals surface area (Å²) in [4.78, 5) is 27.6. The molecular formula is C29H35N7O2. The van der Waals surface area contributed by atoms with E-state index in [4.69, 9.17) is 0 Å². The van der Waals surface area contributed by atoms with Crippen molar-refractivity contribution in [2.24, 2.45) is 0 Å². The van der Waals surface area contributed by atoms with Crippen molar-refractivity contribution in [3.63, 3.8) is 0 Å². The average molecular weight is 514 g/mol. The number of tetrazole rings is 1. The molecule has 4 rings (SSSR count). The number of rotatable bonds is 11. The normalized spacial score (nSPS) is 10.9. The van der Waals surface area contributed by atoms with Crippen LogP contribution in [-0.4, -0.2) is 49.2 Å². The van der Waals surface area contributed by atoms with Crippen molar-refractivity contribution in [2.75, 3.05) is 13.1 Å². The van der Waals surface area contributed by atoms with Gasteiger partial charge in [0, 0.05) is 36.5 Å². The van der Waals surface area contributed by atoms with E-state index in [-0.39, 0.29) is 18.1 Å². The Morgan fingerprint density at radius 1 is 0.974 bits per heavy atom. The molecule has 0 unspecified atom stereocenters. The van der Waals surface area contributed by atoms with Crippen molar-refractivity contribution < 1.29 is 4.79 Å². The van der Waals surface area contributed by atoms with Gasteiger partial charge < -0.3 is 14.8 Å². The summed E-state index contributed by atoms with van der Waals surface area (Å²) >= 11 is 0. The number of pyridine rings is 1. The Labute approximate surface area is 222 Å². The topological polar surface area (TPSA) is 109 Å². The van der Waals surface area contributed by atoms with E-state index in [0.717, 1.165) is 47.2 Å². The summed E-state index contributed by atoms with van der Waals surface area (Å²) in [5.74, 6) is 0.543. The number of hydrogen-bond acceptors (Lipinski definition) is 5. The molecule has 38 heavy (non-hydrogen) atoms. The molecule has 2 amide bonds. The van der Waals surface area contributed by atoms with Gasteiger partial charge in [-0.15, -0.1) is 10.2 Å². The van der Waals surface area contributed by atoms with E-state index in [1.54, 1.807) is 4.90 Å². The molecule has 0 aliphatic heterocycles. The van der Waals surface area contributed by atoms with Crippen molar-refractivity contribution >= 4 is 6.03 Å². The molecule has 0 radical (unpaired) electrons. The Balaban J connectivity index is 1.58. The monoisotopic (exact) mass is 513 g/mol. The van der Waals surface area contributed by atoms with E-state index >= 15 is 0 Å². The van der Waals surface area contributed by atoms with E-state index in [1.165, 1.54) is 0 Å². The highest BCUT2D eigenvalue weighted by Gasteiger charge is 2.14. The van der Waals surface area contributed by atoms with Crippen LogP contribution in [-0.2, 0) is 19.5 Å². The minimum atomic E-state index is -0.160. The lowest BCUT2D eigenvalue weighted by atomic mass is 9.98. The van der Waals surface area contributed by atoms with Gasteiger partial charge in [-0.3, -0.25) is 4.79 Å². The van der Waals surface area contributed by atoms with E-state index in [2.05, 4.69) is 45.0 Å². The summed E-state index contributed by atoms with van der Waals surface area (Å²) in [6.07, 6.45) is 2.88. The Morgan fingerprint density at radius 2 is 1.71 bits per heavy atom. The van der Waals surface area contributed by atoms with Crippen LogP contribution >= 0.6 is 0 Å². The summed E-state index contributed by atoms with van der Waals surface area (Å²) in [5, 5.41) is 17.3. The maximum absolute atomic E-state index is 13.5. The minimum absolute atomic E-state index is 0.0648. The third-order valence-electron chi connectivity index (χ3n) is 6.73. The number of hydrogen-bond donors (Lipinski definition) is 2. The van der Waals surface area contributed by atoms with Crippen LogP contribution in [0, 0.1) is 0 Å². The third-order valence-corrected chi connectivity index (χ3v) is 6.73. The highest BCUT2D eigenvalue weighted by atomic mass is 16.2. The van der Waals surface area contributed by atoms with E-state index in [9.17, 15) is 9.59 Å². The fourth-order valence-corrected chi connectivity index (χ4v) is 4.52. The molecule has 0 atom stereocenters. The SMILES string of the molecule is CCCCc1ccc(CNC(=O)N(CC)CC)c(=O)n1Cc1ccc(-c2ccccc2-c2nn[nH]n2)cc1. The molecule has 2 aromatic carbocycles. The highest BCUT2D eigenvalue weighted by molar-refractivity contribution is 5.80. The first kappa shape index (κ1) is 26.8. The molecule has 2 N–H and O–H groups in total. The first-order valence-corrected chi connectivity index (χ1v) is 13.2. The molecule has 0 saturated carbocycles. The molecule has 9 heteroatoms. The van der Waals surface area contributed by atoms with E-state index in [0.29, 0.717) is 31.0 Å². The Kier molecular flexibility index (Phi) is 9.02. The number of nitrogens with one attached hydrogen (secondary N) is 2. The smallest absolute Gasteiger partial charge is 0.317 e. The summed E-state index contributed by atoms with van der Waals surface area (Å²) < 4.78 is 1.84. The van der Waals surface area contributed by atoms with E-state index < -0.39 is 0 Å². The molecule has 2 aromatic heterocycles. The van der Waals surface area contributed by atoms with Gasteiger partial charge in [-0.2, -0.15) is 5.21 Å². The number of H-pyrrole nitrogens is 1. The summed E-state index contributed by atoms with van der Waals surface area (Å²) in [7, 11) is 0. The number of aryl methyl sites for hydroxylation is 1. The second-order valence-electron chi connectivity index (χ2n) is 9.15. The van der Waals surface area contributed by atoms with Gasteiger partial charge in [0.2, 0.25) is 5.82 Å². The van der Waals surface area contributed by atoms with Gasteiger partial charge in [0.05, 0.1) is 6.54 Å². The second kappa shape index (κ2) is 12.8. The van der Waals surface area contributed by atoms with Crippen molar-refractivity contribution in [2.45, 2.75) is 53.1 Å². The zero-order chi connectivity index (χ0) is 26.9. The van der Waals surface area contributed by atoms with Crippen LogP contribution in [0.15, 0.2) is 65.5 Å². The zero-order valence-electron chi connectivity index (χ0n) is 22.3. The molecule has 0 bridgehead atoms. The van der Waals surface area contributed by atoms with Gasteiger partial charge in [0.1, 0.15) is 0 Å². The first-order chi connectivity index (χ1) is 18.5. The van der Waals surface area contributed by atoms with Crippen LogP contribution in [0.1, 0.15) is 50.4 Å². The summed E-state index contributed by atoms with van der Waals surface area (Å²) in [6.45, 7) is 7.93. The number of unbranched alkanes of at least 4 members (excludes halogenated alkanes) is 1. The molecule has 0 saturated heterocycles. The molecule has 0 aliphatic carbocycles. The van der Waals surface area contributed by atoms with Gasteiger partial charge >= 0.3 is 6.03 Å². The lowest BCUT2D eigenvalue weighted by molar-refractivity contribution is 0.203. The number of aromatic nitrogens is 5. The van der Waals surface area contributed by atoms with Gasteiger partial charge in [-0.1, -0.05) is 61.9 Å².